The van der Waals surface area contributed by atoms with Gasteiger partial charge >= 0.3 is 0 Å². The molecule has 2 heterocycles. The molecule has 20 heavy (non-hydrogen) atoms. The number of hydrogen-bond donors (Lipinski definition) is 0. The third-order valence-electron chi connectivity index (χ3n) is 3.15. The molecule has 0 fully saturated rings. The van der Waals surface area contributed by atoms with Crippen molar-refractivity contribution in [3.05, 3.63) is 46.9 Å². The predicted molar refractivity (Wildman–Crippen MR) is 79.3 cm³/mol. The van der Waals surface area contributed by atoms with Gasteiger partial charge in [-0.2, -0.15) is 0 Å². The number of fused-ring (bicyclic) bond motifs is 1. The zero-order valence-corrected chi connectivity index (χ0v) is 12.4. The van der Waals surface area contributed by atoms with Crippen molar-refractivity contribution in [3.8, 4) is 0 Å². The number of rotatable bonds is 4. The molecule has 0 atom stereocenters. The van der Waals surface area contributed by atoms with Gasteiger partial charge in [0.15, 0.2) is 0 Å². The normalized spacial score (nSPS) is 11.3. The van der Waals surface area contributed by atoms with Gasteiger partial charge in [-0.15, -0.1) is 11.6 Å². The fourth-order valence-corrected chi connectivity index (χ4v) is 2.51. The molecule has 0 N–H and O–H groups in total. The summed E-state index contributed by atoms with van der Waals surface area (Å²) in [5.41, 5.74) is 1.80. The lowest BCUT2D eigenvalue weighted by Crippen LogP contribution is -2.04. The molecule has 0 bridgehead atoms. The van der Waals surface area contributed by atoms with Crippen LogP contribution in [-0.2, 0) is 18.8 Å². The third kappa shape index (κ3) is 2.41. The summed E-state index contributed by atoms with van der Waals surface area (Å²) in [7, 11) is 0. The molecule has 3 rings (SSSR count). The van der Waals surface area contributed by atoms with E-state index < -0.39 is 0 Å². The lowest BCUT2D eigenvalue weighted by molar-refractivity contribution is 0.446. The summed E-state index contributed by atoms with van der Waals surface area (Å²) in [6.45, 7) is 2.53. The van der Waals surface area contributed by atoms with Gasteiger partial charge in [0, 0.05) is 11.4 Å². The van der Waals surface area contributed by atoms with Gasteiger partial charge < -0.3 is 8.98 Å². The summed E-state index contributed by atoms with van der Waals surface area (Å²) < 4.78 is 7.63. The topological polar surface area (TPSA) is 43.9 Å². The predicted octanol–water partition coefficient (Wildman–Crippen LogP) is 4.03. The van der Waals surface area contributed by atoms with Gasteiger partial charge in [0.05, 0.1) is 23.1 Å². The van der Waals surface area contributed by atoms with E-state index in [1.165, 1.54) is 0 Å². The van der Waals surface area contributed by atoms with Crippen molar-refractivity contribution in [3.63, 3.8) is 0 Å². The average molecular weight is 310 g/mol. The smallest absolute Gasteiger partial charge is 0.214 e. The van der Waals surface area contributed by atoms with Gasteiger partial charge in [0.2, 0.25) is 5.89 Å². The fourth-order valence-electron chi connectivity index (χ4n) is 2.14. The van der Waals surface area contributed by atoms with Gasteiger partial charge in [0.25, 0.3) is 0 Å². The molecule has 0 aliphatic rings. The van der Waals surface area contributed by atoms with Crippen molar-refractivity contribution in [2.75, 3.05) is 0 Å². The first-order valence-corrected chi connectivity index (χ1v) is 7.26. The second-order valence-corrected chi connectivity index (χ2v) is 5.16. The maximum Gasteiger partial charge on any atom is 0.214 e. The summed E-state index contributed by atoms with van der Waals surface area (Å²) in [6, 6.07) is 5.58. The Hall–Kier alpha value is -1.52. The summed E-state index contributed by atoms with van der Waals surface area (Å²) in [6.07, 6.45) is 2.58. The molecule has 0 spiro atoms. The highest BCUT2D eigenvalue weighted by atomic mass is 35.5. The average Bonchev–Trinajstić information content (AvgIpc) is 3.04. The first kappa shape index (κ1) is 13.5. The van der Waals surface area contributed by atoms with Crippen molar-refractivity contribution in [1.29, 1.82) is 0 Å². The van der Waals surface area contributed by atoms with Crippen molar-refractivity contribution in [2.45, 2.75) is 25.8 Å². The van der Waals surface area contributed by atoms with E-state index in [-0.39, 0.29) is 0 Å². The number of alkyl halides is 1. The summed E-state index contributed by atoms with van der Waals surface area (Å²) >= 11 is 12.0. The van der Waals surface area contributed by atoms with E-state index in [1.807, 2.05) is 29.7 Å². The Morgan fingerprint density at radius 2 is 2.20 bits per heavy atom. The van der Waals surface area contributed by atoms with Crippen LogP contribution in [0.1, 0.15) is 24.4 Å². The van der Waals surface area contributed by atoms with Crippen molar-refractivity contribution in [2.24, 2.45) is 0 Å². The molecule has 2 aromatic heterocycles. The first-order chi connectivity index (χ1) is 9.71. The van der Waals surface area contributed by atoms with Crippen LogP contribution < -0.4 is 0 Å². The number of halogens is 2. The number of nitrogens with zero attached hydrogens (tertiary/aromatic N) is 3. The molecule has 0 radical (unpaired) electrons. The Bertz CT molecular complexity index is 748. The second-order valence-electron chi connectivity index (χ2n) is 4.45. The Morgan fingerprint density at radius 3 is 2.90 bits per heavy atom. The molecular weight excluding hydrogens is 297 g/mol. The Labute approximate surface area is 126 Å². The Morgan fingerprint density at radius 1 is 1.35 bits per heavy atom. The van der Waals surface area contributed by atoms with E-state index in [2.05, 4.69) is 9.97 Å². The SMILES string of the molecule is CCc1cnc(Cn2c(CCl)nc3ccc(Cl)cc32)o1. The van der Waals surface area contributed by atoms with E-state index >= 15 is 0 Å². The van der Waals surface area contributed by atoms with Crippen LogP contribution in [0, 0.1) is 0 Å². The minimum Gasteiger partial charge on any atom is -0.444 e. The number of benzene rings is 1. The number of aryl methyl sites for hydroxylation is 1. The molecule has 0 unspecified atom stereocenters. The molecule has 6 heteroatoms. The number of aromatic nitrogens is 3. The molecule has 0 aliphatic carbocycles. The van der Waals surface area contributed by atoms with Gasteiger partial charge in [-0.25, -0.2) is 9.97 Å². The standard InChI is InChI=1S/C14H13Cl2N3O/c1-2-10-7-17-14(20-10)8-19-12-5-9(16)3-4-11(12)18-13(19)6-15/h3-5,7H,2,6,8H2,1H3. The van der Waals surface area contributed by atoms with Gasteiger partial charge in [-0.05, 0) is 18.2 Å². The van der Waals surface area contributed by atoms with Crippen LogP contribution in [0.15, 0.2) is 28.8 Å². The molecule has 1 aromatic carbocycles. The van der Waals surface area contributed by atoms with E-state index in [0.717, 1.165) is 29.0 Å². The molecule has 0 amide bonds. The molecule has 3 aromatic rings. The van der Waals surface area contributed by atoms with Crippen LogP contribution in [0.5, 0.6) is 0 Å². The Kier molecular flexibility index (Phi) is 3.68. The fraction of sp³-hybridized carbons (Fsp3) is 0.286. The summed E-state index contributed by atoms with van der Waals surface area (Å²) in [5.74, 6) is 2.62. The highest BCUT2D eigenvalue weighted by molar-refractivity contribution is 6.31. The number of imidazole rings is 1. The van der Waals surface area contributed by atoms with E-state index in [9.17, 15) is 0 Å². The minimum absolute atomic E-state index is 0.327. The maximum atomic E-state index is 6.06. The van der Waals surface area contributed by atoms with Crippen molar-refractivity contribution < 1.29 is 4.42 Å². The van der Waals surface area contributed by atoms with Crippen LogP contribution in [0.4, 0.5) is 0 Å². The summed E-state index contributed by atoms with van der Waals surface area (Å²) in [5, 5.41) is 0.668. The molecule has 0 saturated heterocycles. The highest BCUT2D eigenvalue weighted by Gasteiger charge is 2.13. The quantitative estimate of drug-likeness (QED) is 0.683. The second kappa shape index (κ2) is 5.46. The number of oxazole rings is 1. The van der Waals surface area contributed by atoms with Gasteiger partial charge in [0.1, 0.15) is 18.1 Å². The van der Waals surface area contributed by atoms with Crippen LogP contribution in [0.3, 0.4) is 0 Å². The van der Waals surface area contributed by atoms with Crippen LogP contribution in [0.2, 0.25) is 5.02 Å². The first-order valence-electron chi connectivity index (χ1n) is 6.35. The lowest BCUT2D eigenvalue weighted by atomic mass is 10.3. The summed E-state index contributed by atoms with van der Waals surface area (Å²) in [4.78, 5) is 8.77. The molecule has 104 valence electrons. The van der Waals surface area contributed by atoms with Crippen LogP contribution in [0.25, 0.3) is 11.0 Å². The van der Waals surface area contributed by atoms with Crippen LogP contribution in [-0.4, -0.2) is 14.5 Å². The monoisotopic (exact) mass is 309 g/mol. The largest absolute Gasteiger partial charge is 0.444 e. The Balaban J connectivity index is 2.06. The number of hydrogen-bond acceptors (Lipinski definition) is 3. The molecule has 0 saturated carbocycles. The zero-order chi connectivity index (χ0) is 14.1. The van der Waals surface area contributed by atoms with Gasteiger partial charge in [-0.1, -0.05) is 18.5 Å². The molecule has 0 aliphatic heterocycles. The lowest BCUT2D eigenvalue weighted by Gasteiger charge is -2.04. The third-order valence-corrected chi connectivity index (χ3v) is 3.63. The van der Waals surface area contributed by atoms with Crippen LogP contribution >= 0.6 is 23.2 Å². The van der Waals surface area contributed by atoms with E-state index in [1.54, 1.807) is 6.20 Å². The van der Waals surface area contributed by atoms with E-state index in [4.69, 9.17) is 27.6 Å². The maximum absolute atomic E-state index is 6.06. The minimum atomic E-state index is 0.327. The molecular formula is C14H13Cl2N3O. The van der Waals surface area contributed by atoms with Crippen molar-refractivity contribution >= 4 is 34.2 Å². The zero-order valence-electron chi connectivity index (χ0n) is 10.9. The van der Waals surface area contributed by atoms with Crippen molar-refractivity contribution in [1.82, 2.24) is 14.5 Å². The van der Waals surface area contributed by atoms with Gasteiger partial charge in [-0.3, -0.25) is 0 Å². The highest BCUT2D eigenvalue weighted by Crippen LogP contribution is 2.22. The molecule has 4 nitrogen and oxygen atoms in total. The van der Waals surface area contributed by atoms with E-state index in [0.29, 0.717) is 23.3 Å².